The first-order valence-corrected chi connectivity index (χ1v) is 11.0. The molecule has 5 nitrogen and oxygen atoms in total. The van der Waals surface area contributed by atoms with Gasteiger partial charge in [-0.2, -0.15) is 0 Å². The molecule has 4 rings (SSSR count). The summed E-state index contributed by atoms with van der Waals surface area (Å²) in [5.74, 6) is -0.696. The lowest BCUT2D eigenvalue weighted by Gasteiger charge is -2.15. The zero-order valence-electron chi connectivity index (χ0n) is 16.8. The fourth-order valence-electron chi connectivity index (χ4n) is 3.11. The van der Waals surface area contributed by atoms with Crippen molar-refractivity contribution >= 4 is 50.7 Å². The Balaban J connectivity index is 1.35. The van der Waals surface area contributed by atoms with Crippen molar-refractivity contribution in [3.05, 3.63) is 94.0 Å². The number of benzene rings is 3. The minimum atomic E-state index is -0.716. The third-order valence-electron chi connectivity index (χ3n) is 4.77. The summed E-state index contributed by atoms with van der Waals surface area (Å²) < 4.78 is 1.18. The lowest BCUT2D eigenvalue weighted by Crippen LogP contribution is -2.41. The Bertz CT molecular complexity index is 1200. The highest BCUT2D eigenvalue weighted by Crippen LogP contribution is 2.24. The topological polar surface area (TPSA) is 71.1 Å². The number of hydrogen-bond acceptors (Lipinski definition) is 4. The summed E-state index contributed by atoms with van der Waals surface area (Å²) >= 11 is 7.73. The molecule has 0 aliphatic rings. The Labute approximate surface area is 189 Å². The molecule has 7 heteroatoms. The number of nitrogens with zero attached hydrogens (tertiary/aromatic N) is 1. The van der Waals surface area contributed by atoms with Crippen molar-refractivity contribution in [3.63, 3.8) is 0 Å². The van der Waals surface area contributed by atoms with Gasteiger partial charge in [-0.1, -0.05) is 48.0 Å². The fraction of sp³-hybridized carbons (Fsp3) is 0.125. The van der Waals surface area contributed by atoms with E-state index < -0.39 is 6.04 Å². The van der Waals surface area contributed by atoms with Gasteiger partial charge < -0.3 is 10.6 Å². The number of carbonyl (C=O) groups is 2. The van der Waals surface area contributed by atoms with Crippen LogP contribution in [-0.2, 0) is 11.2 Å². The van der Waals surface area contributed by atoms with Crippen LogP contribution in [0.2, 0.25) is 5.02 Å². The smallest absolute Gasteiger partial charge is 0.253 e. The van der Waals surface area contributed by atoms with Gasteiger partial charge in [-0.05, 0) is 48.9 Å². The van der Waals surface area contributed by atoms with Crippen LogP contribution >= 0.6 is 22.9 Å². The Morgan fingerprint density at radius 2 is 1.71 bits per heavy atom. The molecule has 0 aliphatic heterocycles. The molecule has 1 atom stereocenters. The van der Waals surface area contributed by atoms with E-state index in [9.17, 15) is 9.59 Å². The average molecular weight is 450 g/mol. The maximum atomic E-state index is 12.5. The lowest BCUT2D eigenvalue weighted by molar-refractivity contribution is -0.117. The second-order valence-corrected chi connectivity index (χ2v) is 8.64. The van der Waals surface area contributed by atoms with Crippen LogP contribution in [0.1, 0.15) is 27.9 Å². The van der Waals surface area contributed by atoms with E-state index in [4.69, 9.17) is 11.6 Å². The first-order chi connectivity index (χ1) is 15.0. The monoisotopic (exact) mass is 449 g/mol. The van der Waals surface area contributed by atoms with E-state index in [1.807, 2.05) is 42.5 Å². The fourth-order valence-corrected chi connectivity index (χ4v) is 4.33. The molecule has 0 fully saturated rings. The summed E-state index contributed by atoms with van der Waals surface area (Å²) in [5.41, 5.74) is 3.12. The molecule has 3 aromatic carbocycles. The van der Waals surface area contributed by atoms with E-state index in [1.54, 1.807) is 42.5 Å². The van der Waals surface area contributed by atoms with Gasteiger partial charge in [0.1, 0.15) is 6.04 Å². The van der Waals surface area contributed by atoms with Gasteiger partial charge in [-0.3, -0.25) is 9.59 Å². The summed E-state index contributed by atoms with van der Waals surface area (Å²) in [6.45, 7) is 1.63. The zero-order chi connectivity index (χ0) is 21.8. The van der Waals surface area contributed by atoms with Gasteiger partial charge >= 0.3 is 0 Å². The number of halogens is 1. The molecule has 0 saturated carbocycles. The predicted molar refractivity (Wildman–Crippen MR) is 126 cm³/mol. The van der Waals surface area contributed by atoms with Crippen LogP contribution in [-0.4, -0.2) is 22.8 Å². The Hall–Kier alpha value is -3.22. The summed E-state index contributed by atoms with van der Waals surface area (Å²) in [6.07, 6.45) is 0.734. The first-order valence-electron chi connectivity index (χ1n) is 9.79. The molecule has 2 N–H and O–H groups in total. The zero-order valence-corrected chi connectivity index (χ0v) is 18.3. The molecule has 0 aliphatic carbocycles. The van der Waals surface area contributed by atoms with Crippen LogP contribution in [0, 0.1) is 0 Å². The van der Waals surface area contributed by atoms with Gasteiger partial charge in [0.15, 0.2) is 0 Å². The molecule has 2 amide bonds. The molecule has 0 saturated heterocycles. The minimum absolute atomic E-state index is 0.306. The van der Waals surface area contributed by atoms with Gasteiger partial charge in [-0.15, -0.1) is 11.3 Å². The van der Waals surface area contributed by atoms with Crippen LogP contribution in [0.25, 0.3) is 10.2 Å². The summed E-state index contributed by atoms with van der Waals surface area (Å²) in [5, 5.41) is 6.89. The van der Waals surface area contributed by atoms with Crippen molar-refractivity contribution in [2.24, 2.45) is 0 Å². The maximum Gasteiger partial charge on any atom is 0.253 e. The van der Waals surface area contributed by atoms with E-state index in [1.165, 1.54) is 4.70 Å². The van der Waals surface area contributed by atoms with Crippen molar-refractivity contribution in [2.75, 3.05) is 5.32 Å². The molecule has 0 bridgehead atoms. The normalized spacial score (nSPS) is 11.8. The Kier molecular flexibility index (Phi) is 6.30. The van der Waals surface area contributed by atoms with E-state index in [2.05, 4.69) is 21.7 Å². The van der Waals surface area contributed by atoms with Crippen molar-refractivity contribution in [1.82, 2.24) is 10.3 Å². The largest absolute Gasteiger partial charge is 0.340 e. The van der Waals surface area contributed by atoms with E-state index >= 15 is 0 Å². The predicted octanol–water partition coefficient (Wildman–Crippen LogP) is 5.30. The highest BCUT2D eigenvalue weighted by Gasteiger charge is 2.18. The van der Waals surface area contributed by atoms with Crippen LogP contribution < -0.4 is 10.6 Å². The third kappa shape index (κ3) is 5.10. The molecule has 1 aromatic heterocycles. The van der Waals surface area contributed by atoms with Crippen LogP contribution in [0.15, 0.2) is 72.8 Å². The molecule has 1 heterocycles. The van der Waals surface area contributed by atoms with E-state index in [0.29, 0.717) is 16.3 Å². The molecular weight excluding hydrogens is 430 g/mol. The Morgan fingerprint density at radius 1 is 1.00 bits per heavy atom. The van der Waals surface area contributed by atoms with Gasteiger partial charge in [0.25, 0.3) is 5.91 Å². The molecule has 0 radical (unpaired) electrons. The number of para-hydroxylation sites is 1. The quantitative estimate of drug-likeness (QED) is 0.419. The number of carbonyl (C=O) groups excluding carboxylic acids is 2. The highest BCUT2D eigenvalue weighted by molar-refractivity contribution is 7.18. The van der Waals surface area contributed by atoms with E-state index in [0.717, 1.165) is 22.5 Å². The molecule has 156 valence electrons. The van der Waals surface area contributed by atoms with Crippen molar-refractivity contribution in [3.8, 4) is 0 Å². The van der Waals surface area contributed by atoms with Crippen LogP contribution in [0.4, 0.5) is 5.69 Å². The third-order valence-corrected chi connectivity index (χ3v) is 6.14. The minimum Gasteiger partial charge on any atom is -0.340 e. The van der Waals surface area contributed by atoms with Gasteiger partial charge in [0.05, 0.1) is 25.8 Å². The number of anilines is 1. The highest BCUT2D eigenvalue weighted by atomic mass is 35.5. The number of hydrogen-bond donors (Lipinski definition) is 2. The molecular formula is C24H20ClN3O2S. The second kappa shape index (κ2) is 9.29. The van der Waals surface area contributed by atoms with Crippen molar-refractivity contribution in [1.29, 1.82) is 0 Å². The number of aromatic nitrogens is 1. The standard InChI is InChI=1S/C24H20ClN3O2S/c1-15(26-24(30)18-6-2-3-7-19(18)25)23(29)27-17-12-10-16(11-13-17)14-22-28-20-8-4-5-9-21(20)31-22/h2-13,15H,14H2,1H3,(H,26,30)(H,27,29)/t15-/m0/s1. The van der Waals surface area contributed by atoms with Crippen LogP contribution in [0.5, 0.6) is 0 Å². The number of thiazole rings is 1. The average Bonchev–Trinajstić information content (AvgIpc) is 3.17. The molecule has 0 spiro atoms. The van der Waals surface area contributed by atoms with E-state index in [-0.39, 0.29) is 11.8 Å². The number of fused-ring (bicyclic) bond motifs is 1. The molecule has 4 aromatic rings. The first kappa shape index (κ1) is 21.0. The molecule has 0 unspecified atom stereocenters. The molecule has 31 heavy (non-hydrogen) atoms. The van der Waals surface area contributed by atoms with Gasteiger partial charge in [-0.25, -0.2) is 4.98 Å². The maximum absolute atomic E-state index is 12.5. The number of rotatable bonds is 6. The summed E-state index contributed by atoms with van der Waals surface area (Å²) in [6, 6.07) is 21.7. The summed E-state index contributed by atoms with van der Waals surface area (Å²) in [4.78, 5) is 29.5. The van der Waals surface area contributed by atoms with Crippen LogP contribution in [0.3, 0.4) is 0 Å². The van der Waals surface area contributed by atoms with Crippen molar-refractivity contribution in [2.45, 2.75) is 19.4 Å². The summed E-state index contributed by atoms with van der Waals surface area (Å²) in [7, 11) is 0. The van der Waals surface area contributed by atoms with Crippen molar-refractivity contribution < 1.29 is 9.59 Å². The SMILES string of the molecule is C[C@H](NC(=O)c1ccccc1Cl)C(=O)Nc1ccc(Cc2nc3ccccc3s2)cc1. The number of amides is 2. The lowest BCUT2D eigenvalue weighted by atomic mass is 10.1. The second-order valence-electron chi connectivity index (χ2n) is 7.11. The van der Waals surface area contributed by atoms with Gasteiger partial charge in [0, 0.05) is 12.1 Å². The Morgan fingerprint density at radius 3 is 2.45 bits per heavy atom. The van der Waals surface area contributed by atoms with Gasteiger partial charge in [0.2, 0.25) is 5.91 Å². The number of nitrogens with one attached hydrogen (secondary N) is 2.